The molecule has 0 fully saturated rings. The number of carboxylic acids is 1. The minimum Gasteiger partial charge on any atom is -0.478 e. The van der Waals surface area contributed by atoms with Crippen LogP contribution in [0.5, 0.6) is 0 Å². The van der Waals surface area contributed by atoms with Crippen LogP contribution in [0.2, 0.25) is 0 Å². The summed E-state index contributed by atoms with van der Waals surface area (Å²) in [5.41, 5.74) is 1.01. The van der Waals surface area contributed by atoms with Gasteiger partial charge in [0.05, 0.1) is 23.1 Å². The van der Waals surface area contributed by atoms with Crippen molar-refractivity contribution < 1.29 is 14.3 Å². The molecule has 1 aromatic carbocycles. The lowest BCUT2D eigenvalue weighted by Crippen LogP contribution is -2.01. The average molecular weight is 285 g/mol. The smallest absolute Gasteiger partial charge is 0.338 e. The van der Waals surface area contributed by atoms with Crippen LogP contribution in [0.25, 0.3) is 10.9 Å². The van der Waals surface area contributed by atoms with Crippen LogP contribution in [0.15, 0.2) is 58.2 Å². The van der Waals surface area contributed by atoms with Crippen LogP contribution in [0, 0.1) is 0 Å². The highest BCUT2D eigenvalue weighted by Crippen LogP contribution is 2.32. The first kappa shape index (κ1) is 12.7. The number of thioether (sulfide) groups is 1. The molecular formula is C15H11NO3S. The zero-order chi connectivity index (χ0) is 13.9. The van der Waals surface area contributed by atoms with Gasteiger partial charge in [0.1, 0.15) is 5.76 Å². The van der Waals surface area contributed by atoms with Crippen molar-refractivity contribution in [3.05, 3.63) is 60.2 Å². The first-order valence-corrected chi connectivity index (χ1v) is 7.00. The number of pyridine rings is 1. The number of hydrogen-bond acceptors (Lipinski definition) is 4. The molecule has 4 nitrogen and oxygen atoms in total. The largest absolute Gasteiger partial charge is 0.478 e. The van der Waals surface area contributed by atoms with Gasteiger partial charge in [-0.15, -0.1) is 11.8 Å². The van der Waals surface area contributed by atoms with E-state index in [0.29, 0.717) is 5.75 Å². The topological polar surface area (TPSA) is 63.3 Å². The molecule has 5 heteroatoms. The van der Waals surface area contributed by atoms with Gasteiger partial charge >= 0.3 is 5.97 Å². The van der Waals surface area contributed by atoms with Crippen LogP contribution in [-0.4, -0.2) is 16.1 Å². The number of rotatable bonds is 4. The maximum absolute atomic E-state index is 11.4. The second kappa shape index (κ2) is 5.38. The SMILES string of the molecule is O=C(O)c1cnc2ccccc2c1SCc1ccco1. The molecule has 0 bridgehead atoms. The lowest BCUT2D eigenvalue weighted by Gasteiger charge is -2.08. The van der Waals surface area contributed by atoms with Crippen molar-refractivity contribution in [2.45, 2.75) is 10.6 Å². The monoisotopic (exact) mass is 285 g/mol. The Bertz CT molecular complexity index is 753. The molecule has 20 heavy (non-hydrogen) atoms. The number of carbonyl (C=O) groups is 1. The fraction of sp³-hybridized carbons (Fsp3) is 0.0667. The summed E-state index contributed by atoms with van der Waals surface area (Å²) in [6.45, 7) is 0. The van der Waals surface area contributed by atoms with Gasteiger partial charge in [0, 0.05) is 16.5 Å². The summed E-state index contributed by atoms with van der Waals surface area (Å²) < 4.78 is 5.28. The van der Waals surface area contributed by atoms with Crippen LogP contribution in [0.3, 0.4) is 0 Å². The summed E-state index contributed by atoms with van der Waals surface area (Å²) in [4.78, 5) is 16.3. The maximum atomic E-state index is 11.4. The van der Waals surface area contributed by atoms with Crippen LogP contribution in [0.1, 0.15) is 16.1 Å². The summed E-state index contributed by atoms with van der Waals surface area (Å²) >= 11 is 1.45. The third-order valence-corrected chi connectivity index (χ3v) is 4.05. The van der Waals surface area contributed by atoms with E-state index >= 15 is 0 Å². The Labute approximate surface area is 119 Å². The molecule has 0 aliphatic rings. The van der Waals surface area contributed by atoms with Crippen molar-refractivity contribution in [3.8, 4) is 0 Å². The van der Waals surface area contributed by atoms with Crippen molar-refractivity contribution in [2.24, 2.45) is 0 Å². The number of aromatic nitrogens is 1. The van der Waals surface area contributed by atoms with Gasteiger partial charge in [0.2, 0.25) is 0 Å². The van der Waals surface area contributed by atoms with Gasteiger partial charge in [-0.1, -0.05) is 18.2 Å². The normalized spacial score (nSPS) is 10.8. The summed E-state index contributed by atoms with van der Waals surface area (Å²) in [6.07, 6.45) is 3.02. The molecule has 0 atom stereocenters. The van der Waals surface area contributed by atoms with E-state index in [1.54, 1.807) is 6.26 Å². The van der Waals surface area contributed by atoms with Crippen LogP contribution in [0.4, 0.5) is 0 Å². The predicted octanol–water partition coefficient (Wildman–Crippen LogP) is 3.82. The molecule has 0 aliphatic heterocycles. The Kier molecular flexibility index (Phi) is 3.43. The summed E-state index contributed by atoms with van der Waals surface area (Å²) in [6, 6.07) is 11.2. The van der Waals surface area contributed by atoms with Crippen molar-refractivity contribution in [1.29, 1.82) is 0 Å². The highest BCUT2D eigenvalue weighted by atomic mass is 32.2. The van der Waals surface area contributed by atoms with Crippen molar-refractivity contribution in [2.75, 3.05) is 0 Å². The zero-order valence-corrected chi connectivity index (χ0v) is 11.3. The number of hydrogen-bond donors (Lipinski definition) is 1. The Morgan fingerprint density at radius 1 is 1.25 bits per heavy atom. The summed E-state index contributed by atoms with van der Waals surface area (Å²) in [5, 5.41) is 10.2. The molecule has 2 aromatic heterocycles. The van der Waals surface area contributed by atoms with Crippen LogP contribution < -0.4 is 0 Å². The van der Waals surface area contributed by atoms with E-state index in [4.69, 9.17) is 4.42 Å². The van der Waals surface area contributed by atoms with Crippen molar-refractivity contribution >= 4 is 28.6 Å². The van der Waals surface area contributed by atoms with E-state index in [2.05, 4.69) is 4.98 Å². The fourth-order valence-electron chi connectivity index (χ4n) is 1.96. The Morgan fingerprint density at radius 2 is 2.10 bits per heavy atom. The van der Waals surface area contributed by atoms with E-state index in [-0.39, 0.29) is 5.56 Å². The molecule has 0 unspecified atom stereocenters. The molecule has 1 N–H and O–H groups in total. The number of benzene rings is 1. The molecule has 3 aromatic rings. The zero-order valence-electron chi connectivity index (χ0n) is 10.4. The number of para-hydroxylation sites is 1. The number of carboxylic acid groups (broad SMARTS) is 1. The first-order valence-electron chi connectivity index (χ1n) is 6.02. The quantitative estimate of drug-likeness (QED) is 0.738. The second-order valence-corrected chi connectivity index (χ2v) is 5.18. The van der Waals surface area contributed by atoms with E-state index in [9.17, 15) is 9.90 Å². The van der Waals surface area contributed by atoms with Gasteiger partial charge in [0.25, 0.3) is 0 Å². The Hall–Kier alpha value is -2.27. The fourth-order valence-corrected chi connectivity index (χ4v) is 3.04. The van der Waals surface area contributed by atoms with Gasteiger partial charge < -0.3 is 9.52 Å². The molecule has 0 saturated carbocycles. The van der Waals surface area contributed by atoms with Gasteiger partial charge in [-0.05, 0) is 18.2 Å². The third kappa shape index (κ3) is 2.40. The Morgan fingerprint density at radius 3 is 2.85 bits per heavy atom. The average Bonchev–Trinajstić information content (AvgIpc) is 2.97. The molecule has 0 spiro atoms. The maximum Gasteiger partial charge on any atom is 0.338 e. The molecule has 0 aliphatic carbocycles. The van der Waals surface area contributed by atoms with Gasteiger partial charge in [-0.25, -0.2) is 4.79 Å². The molecule has 0 radical (unpaired) electrons. The third-order valence-electron chi connectivity index (χ3n) is 2.90. The summed E-state index contributed by atoms with van der Waals surface area (Å²) in [7, 11) is 0. The standard InChI is InChI=1S/C15H11NO3S/c17-15(18)12-8-16-13-6-2-1-5-11(13)14(12)20-9-10-4-3-7-19-10/h1-8H,9H2,(H,17,18). The van der Waals surface area contributed by atoms with Gasteiger partial charge in [-0.2, -0.15) is 0 Å². The van der Waals surface area contributed by atoms with E-state index < -0.39 is 5.97 Å². The molecule has 0 saturated heterocycles. The number of fused-ring (bicyclic) bond motifs is 1. The van der Waals surface area contributed by atoms with E-state index in [1.807, 2.05) is 36.4 Å². The lowest BCUT2D eigenvalue weighted by molar-refractivity contribution is 0.0693. The molecule has 0 amide bonds. The number of aromatic carboxylic acids is 1. The second-order valence-electron chi connectivity index (χ2n) is 4.19. The van der Waals surface area contributed by atoms with Crippen LogP contribution in [-0.2, 0) is 5.75 Å². The Balaban J connectivity index is 2.05. The minimum atomic E-state index is -0.967. The number of furan rings is 1. The first-order chi connectivity index (χ1) is 9.75. The molecular weight excluding hydrogens is 274 g/mol. The highest BCUT2D eigenvalue weighted by molar-refractivity contribution is 7.98. The summed E-state index contributed by atoms with van der Waals surface area (Å²) in [5.74, 6) is 0.429. The molecule has 100 valence electrons. The van der Waals surface area contributed by atoms with E-state index in [0.717, 1.165) is 21.6 Å². The van der Waals surface area contributed by atoms with Crippen molar-refractivity contribution in [1.82, 2.24) is 4.98 Å². The minimum absolute atomic E-state index is 0.222. The van der Waals surface area contributed by atoms with Crippen LogP contribution >= 0.6 is 11.8 Å². The molecule has 3 rings (SSSR count). The number of nitrogens with zero attached hydrogens (tertiary/aromatic N) is 1. The van der Waals surface area contributed by atoms with E-state index in [1.165, 1.54) is 18.0 Å². The van der Waals surface area contributed by atoms with Crippen molar-refractivity contribution in [3.63, 3.8) is 0 Å². The lowest BCUT2D eigenvalue weighted by atomic mass is 10.1. The highest BCUT2D eigenvalue weighted by Gasteiger charge is 2.15. The molecule has 2 heterocycles. The van der Waals surface area contributed by atoms with Gasteiger partial charge in [-0.3, -0.25) is 4.98 Å². The predicted molar refractivity (Wildman–Crippen MR) is 77.0 cm³/mol. The van der Waals surface area contributed by atoms with Gasteiger partial charge in [0.15, 0.2) is 0 Å².